The molecule has 1 saturated carbocycles. The van der Waals surface area contributed by atoms with Crippen LogP contribution in [0.1, 0.15) is 38.1 Å². The quantitative estimate of drug-likeness (QED) is 0.593. The SMILES string of the molecule is O=c1c2ccccc2n(C2CCCCC2)c2ccccc12. The third-order valence-corrected chi connectivity index (χ3v) is 4.76. The Labute approximate surface area is 124 Å². The molecule has 4 rings (SSSR count). The second-order valence-corrected chi connectivity index (χ2v) is 6.03. The first-order valence-electron chi connectivity index (χ1n) is 7.88. The van der Waals surface area contributed by atoms with Crippen LogP contribution in [-0.2, 0) is 0 Å². The fraction of sp³-hybridized carbons (Fsp3) is 0.316. The maximum absolute atomic E-state index is 12.7. The Balaban J connectivity index is 2.13. The molecule has 2 aromatic carbocycles. The van der Waals surface area contributed by atoms with Gasteiger partial charge in [-0.3, -0.25) is 4.79 Å². The molecule has 2 heteroatoms. The van der Waals surface area contributed by atoms with Crippen molar-refractivity contribution in [2.75, 3.05) is 0 Å². The molecule has 0 spiro atoms. The first-order valence-corrected chi connectivity index (χ1v) is 7.88. The number of hydrogen-bond acceptors (Lipinski definition) is 1. The van der Waals surface area contributed by atoms with Gasteiger partial charge < -0.3 is 4.57 Å². The van der Waals surface area contributed by atoms with Gasteiger partial charge in [-0.1, -0.05) is 43.5 Å². The molecule has 1 heterocycles. The van der Waals surface area contributed by atoms with E-state index in [0.29, 0.717) is 6.04 Å². The van der Waals surface area contributed by atoms with Crippen molar-refractivity contribution in [3.8, 4) is 0 Å². The monoisotopic (exact) mass is 277 g/mol. The van der Waals surface area contributed by atoms with Gasteiger partial charge in [0.15, 0.2) is 5.43 Å². The van der Waals surface area contributed by atoms with E-state index in [0.717, 1.165) is 21.8 Å². The molecule has 0 atom stereocenters. The first kappa shape index (κ1) is 12.6. The molecule has 21 heavy (non-hydrogen) atoms. The third-order valence-electron chi connectivity index (χ3n) is 4.76. The number of para-hydroxylation sites is 2. The fourth-order valence-corrected chi connectivity index (χ4v) is 3.76. The minimum Gasteiger partial charge on any atom is -0.337 e. The predicted octanol–water partition coefficient (Wildman–Crippen LogP) is 4.66. The Bertz CT molecular complexity index is 796. The zero-order valence-electron chi connectivity index (χ0n) is 12.1. The van der Waals surface area contributed by atoms with Gasteiger partial charge in [0.25, 0.3) is 0 Å². The minimum absolute atomic E-state index is 0.160. The van der Waals surface area contributed by atoms with E-state index in [2.05, 4.69) is 16.7 Å². The van der Waals surface area contributed by atoms with Crippen molar-refractivity contribution in [1.82, 2.24) is 4.57 Å². The van der Waals surface area contributed by atoms with E-state index in [4.69, 9.17) is 0 Å². The fourth-order valence-electron chi connectivity index (χ4n) is 3.76. The molecular formula is C19H19NO. The lowest BCUT2D eigenvalue weighted by molar-refractivity contribution is 0.366. The number of fused-ring (bicyclic) bond motifs is 2. The molecule has 1 aliphatic rings. The van der Waals surface area contributed by atoms with E-state index < -0.39 is 0 Å². The summed E-state index contributed by atoms with van der Waals surface area (Å²) in [6, 6.07) is 16.6. The minimum atomic E-state index is 0.160. The summed E-state index contributed by atoms with van der Waals surface area (Å²) in [6.07, 6.45) is 6.36. The maximum Gasteiger partial charge on any atom is 0.197 e. The normalized spacial score (nSPS) is 16.6. The molecule has 1 aromatic heterocycles. The van der Waals surface area contributed by atoms with Gasteiger partial charge in [-0.25, -0.2) is 0 Å². The van der Waals surface area contributed by atoms with Gasteiger partial charge in [-0.05, 0) is 37.1 Å². The average molecular weight is 277 g/mol. The summed E-state index contributed by atoms with van der Waals surface area (Å²) in [5, 5.41) is 1.70. The average Bonchev–Trinajstić information content (AvgIpc) is 2.56. The van der Waals surface area contributed by atoms with E-state index >= 15 is 0 Å². The van der Waals surface area contributed by atoms with Gasteiger partial charge in [0, 0.05) is 16.8 Å². The molecule has 0 unspecified atom stereocenters. The van der Waals surface area contributed by atoms with Crippen LogP contribution in [0.4, 0.5) is 0 Å². The van der Waals surface area contributed by atoms with Crippen molar-refractivity contribution in [3.63, 3.8) is 0 Å². The Morgan fingerprint density at radius 1 is 0.762 bits per heavy atom. The molecule has 1 aliphatic carbocycles. The molecule has 0 N–H and O–H groups in total. The van der Waals surface area contributed by atoms with Crippen LogP contribution >= 0.6 is 0 Å². The Morgan fingerprint density at radius 3 is 1.86 bits per heavy atom. The standard InChI is InChI=1S/C19H19NO/c21-19-15-10-4-6-12-17(15)20(14-8-2-1-3-9-14)18-13-7-5-11-16(18)19/h4-7,10-14H,1-3,8-9H2. The highest BCUT2D eigenvalue weighted by Crippen LogP contribution is 2.33. The molecule has 0 amide bonds. The van der Waals surface area contributed by atoms with Crippen molar-refractivity contribution >= 4 is 21.8 Å². The van der Waals surface area contributed by atoms with Crippen LogP contribution in [0.3, 0.4) is 0 Å². The van der Waals surface area contributed by atoms with Gasteiger partial charge in [-0.15, -0.1) is 0 Å². The number of nitrogens with zero attached hydrogens (tertiary/aromatic N) is 1. The Hall–Kier alpha value is -2.09. The second-order valence-electron chi connectivity index (χ2n) is 6.03. The van der Waals surface area contributed by atoms with Crippen molar-refractivity contribution in [3.05, 3.63) is 58.8 Å². The lowest BCUT2D eigenvalue weighted by Crippen LogP contribution is -2.18. The first-order chi connectivity index (χ1) is 10.4. The molecule has 3 aromatic rings. The van der Waals surface area contributed by atoms with Crippen LogP contribution in [0.5, 0.6) is 0 Å². The lowest BCUT2D eigenvalue weighted by Gasteiger charge is -2.28. The highest BCUT2D eigenvalue weighted by molar-refractivity contribution is 5.93. The van der Waals surface area contributed by atoms with Gasteiger partial charge in [0.05, 0.1) is 11.0 Å². The summed E-state index contributed by atoms with van der Waals surface area (Å²) >= 11 is 0. The van der Waals surface area contributed by atoms with Crippen LogP contribution < -0.4 is 5.43 Å². The second kappa shape index (κ2) is 5.03. The summed E-state index contributed by atoms with van der Waals surface area (Å²) in [7, 11) is 0. The molecule has 106 valence electrons. The molecule has 0 radical (unpaired) electrons. The van der Waals surface area contributed by atoms with Crippen molar-refractivity contribution < 1.29 is 0 Å². The van der Waals surface area contributed by atoms with E-state index in [1.165, 1.54) is 32.1 Å². The Kier molecular flexibility index (Phi) is 3.03. The van der Waals surface area contributed by atoms with E-state index in [9.17, 15) is 4.79 Å². The molecule has 1 fully saturated rings. The van der Waals surface area contributed by atoms with Gasteiger partial charge >= 0.3 is 0 Å². The lowest BCUT2D eigenvalue weighted by atomic mass is 9.94. The zero-order chi connectivity index (χ0) is 14.2. The van der Waals surface area contributed by atoms with Crippen molar-refractivity contribution in [2.24, 2.45) is 0 Å². The van der Waals surface area contributed by atoms with Crippen LogP contribution in [0.15, 0.2) is 53.3 Å². The van der Waals surface area contributed by atoms with Gasteiger partial charge in [0.2, 0.25) is 0 Å². The van der Waals surface area contributed by atoms with E-state index in [-0.39, 0.29) is 5.43 Å². The summed E-state index contributed by atoms with van der Waals surface area (Å²) in [5.41, 5.74) is 2.34. The summed E-state index contributed by atoms with van der Waals surface area (Å²) < 4.78 is 2.42. The number of aromatic nitrogens is 1. The van der Waals surface area contributed by atoms with E-state index in [1.54, 1.807) is 0 Å². The smallest absolute Gasteiger partial charge is 0.197 e. The van der Waals surface area contributed by atoms with Gasteiger partial charge in [0.1, 0.15) is 0 Å². The molecule has 0 aliphatic heterocycles. The largest absolute Gasteiger partial charge is 0.337 e. The molecule has 2 nitrogen and oxygen atoms in total. The summed E-state index contributed by atoms with van der Waals surface area (Å²) in [5.74, 6) is 0. The summed E-state index contributed by atoms with van der Waals surface area (Å²) in [4.78, 5) is 12.7. The molecule has 0 bridgehead atoms. The number of rotatable bonds is 1. The van der Waals surface area contributed by atoms with Crippen LogP contribution in [0.2, 0.25) is 0 Å². The topological polar surface area (TPSA) is 22.0 Å². The number of hydrogen-bond donors (Lipinski definition) is 0. The maximum atomic E-state index is 12.7. The zero-order valence-corrected chi connectivity index (χ0v) is 12.1. The predicted molar refractivity (Wildman–Crippen MR) is 87.8 cm³/mol. The Morgan fingerprint density at radius 2 is 1.29 bits per heavy atom. The van der Waals surface area contributed by atoms with Crippen LogP contribution in [0.25, 0.3) is 21.8 Å². The van der Waals surface area contributed by atoms with Crippen molar-refractivity contribution in [1.29, 1.82) is 0 Å². The highest BCUT2D eigenvalue weighted by atomic mass is 16.1. The van der Waals surface area contributed by atoms with Crippen LogP contribution in [0, 0.1) is 0 Å². The van der Waals surface area contributed by atoms with Crippen molar-refractivity contribution in [2.45, 2.75) is 38.1 Å². The number of benzene rings is 2. The molecule has 0 saturated heterocycles. The third kappa shape index (κ3) is 1.98. The highest BCUT2D eigenvalue weighted by Gasteiger charge is 2.19. The molecular weight excluding hydrogens is 258 g/mol. The summed E-state index contributed by atoms with van der Waals surface area (Å²) in [6.45, 7) is 0. The van der Waals surface area contributed by atoms with Crippen LogP contribution in [-0.4, -0.2) is 4.57 Å². The number of pyridine rings is 1. The van der Waals surface area contributed by atoms with Gasteiger partial charge in [-0.2, -0.15) is 0 Å². The van der Waals surface area contributed by atoms with E-state index in [1.807, 2.05) is 36.4 Å².